The summed E-state index contributed by atoms with van der Waals surface area (Å²) in [5.41, 5.74) is 0. The van der Waals surface area contributed by atoms with E-state index < -0.39 is 10.0 Å². The highest BCUT2D eigenvalue weighted by Gasteiger charge is 2.26. The Hall–Kier alpha value is -0.590. The lowest BCUT2D eigenvalue weighted by Crippen LogP contribution is -2.37. The van der Waals surface area contributed by atoms with Crippen molar-refractivity contribution in [3.63, 3.8) is 0 Å². The molecule has 1 aliphatic rings. The average molecular weight is 376 g/mol. The van der Waals surface area contributed by atoms with Gasteiger partial charge < -0.3 is 4.74 Å². The lowest BCUT2D eigenvalue weighted by atomic mass is 9.88. The van der Waals surface area contributed by atoms with Crippen molar-refractivity contribution >= 4 is 26.0 Å². The molecule has 2 rings (SSSR count). The van der Waals surface area contributed by atoms with Gasteiger partial charge in [0, 0.05) is 10.5 Å². The molecule has 0 amide bonds. The molecule has 0 unspecified atom stereocenters. The first-order valence-corrected chi connectivity index (χ1v) is 9.64. The molecule has 0 spiro atoms. The molecule has 1 saturated carbocycles. The van der Waals surface area contributed by atoms with E-state index in [1.54, 1.807) is 18.2 Å². The molecule has 0 aromatic heterocycles. The zero-order chi connectivity index (χ0) is 15.5. The minimum Gasteiger partial charge on any atom is -0.492 e. The SMILES string of the molecule is CCOc1ccc(Br)cc1S(=O)(=O)NC1CCC(C)CC1. The van der Waals surface area contributed by atoms with Gasteiger partial charge in [0.2, 0.25) is 10.0 Å². The Bertz CT molecular complexity index is 581. The molecule has 0 bridgehead atoms. The molecule has 6 heteroatoms. The molecule has 4 nitrogen and oxygen atoms in total. The van der Waals surface area contributed by atoms with E-state index in [2.05, 4.69) is 27.6 Å². The van der Waals surface area contributed by atoms with Crippen LogP contribution in [0.1, 0.15) is 39.5 Å². The van der Waals surface area contributed by atoms with Crippen molar-refractivity contribution < 1.29 is 13.2 Å². The van der Waals surface area contributed by atoms with Gasteiger partial charge in [-0.3, -0.25) is 0 Å². The van der Waals surface area contributed by atoms with Crippen molar-refractivity contribution in [2.75, 3.05) is 6.61 Å². The van der Waals surface area contributed by atoms with Gasteiger partial charge in [0.05, 0.1) is 6.61 Å². The van der Waals surface area contributed by atoms with Gasteiger partial charge in [0.25, 0.3) is 0 Å². The van der Waals surface area contributed by atoms with E-state index in [9.17, 15) is 8.42 Å². The first-order chi connectivity index (χ1) is 9.92. The smallest absolute Gasteiger partial charge is 0.244 e. The van der Waals surface area contributed by atoms with Crippen molar-refractivity contribution in [2.45, 2.75) is 50.5 Å². The standard InChI is InChI=1S/C15H22BrNO3S/c1-3-20-14-9-6-12(16)10-15(14)21(18,19)17-13-7-4-11(2)5-8-13/h6,9-11,13,17H,3-5,7-8H2,1-2H3. The van der Waals surface area contributed by atoms with Gasteiger partial charge in [-0.05, 0) is 56.7 Å². The molecule has 0 atom stereocenters. The summed E-state index contributed by atoms with van der Waals surface area (Å²) in [6, 6.07) is 5.09. The molecule has 1 aromatic rings. The van der Waals surface area contributed by atoms with Gasteiger partial charge in [-0.25, -0.2) is 13.1 Å². The average Bonchev–Trinajstić information content (AvgIpc) is 2.43. The molecular weight excluding hydrogens is 354 g/mol. The highest BCUT2D eigenvalue weighted by atomic mass is 79.9. The third-order valence-corrected chi connectivity index (χ3v) is 5.87. The van der Waals surface area contributed by atoms with Crippen LogP contribution in [0.3, 0.4) is 0 Å². The van der Waals surface area contributed by atoms with Crippen LogP contribution in [-0.4, -0.2) is 21.1 Å². The van der Waals surface area contributed by atoms with Crippen LogP contribution in [0.5, 0.6) is 5.75 Å². The first kappa shape index (κ1) is 16.8. The quantitative estimate of drug-likeness (QED) is 0.853. The Morgan fingerprint density at radius 2 is 1.95 bits per heavy atom. The van der Waals surface area contributed by atoms with Crippen molar-refractivity contribution in [1.82, 2.24) is 4.72 Å². The minimum atomic E-state index is -3.56. The molecule has 1 aromatic carbocycles. The van der Waals surface area contributed by atoms with Gasteiger partial charge in [0.15, 0.2) is 0 Å². The van der Waals surface area contributed by atoms with Crippen LogP contribution in [-0.2, 0) is 10.0 Å². The van der Waals surface area contributed by atoms with Crippen LogP contribution in [0, 0.1) is 5.92 Å². The first-order valence-electron chi connectivity index (χ1n) is 7.37. The zero-order valence-corrected chi connectivity index (χ0v) is 14.8. The summed E-state index contributed by atoms with van der Waals surface area (Å²) in [5.74, 6) is 1.09. The number of rotatable bonds is 5. The van der Waals surface area contributed by atoms with E-state index in [-0.39, 0.29) is 10.9 Å². The molecule has 0 saturated heterocycles. The summed E-state index contributed by atoms with van der Waals surface area (Å²) in [4.78, 5) is 0.206. The van der Waals surface area contributed by atoms with Crippen molar-refractivity contribution in [3.05, 3.63) is 22.7 Å². The largest absolute Gasteiger partial charge is 0.492 e. The van der Waals surface area contributed by atoms with Crippen molar-refractivity contribution in [3.8, 4) is 5.75 Å². The molecule has 1 fully saturated rings. The molecule has 0 heterocycles. The number of hydrogen-bond donors (Lipinski definition) is 1. The van der Waals surface area contributed by atoms with E-state index in [0.717, 1.165) is 30.2 Å². The normalized spacial score (nSPS) is 23.0. The highest BCUT2D eigenvalue weighted by Crippen LogP contribution is 2.29. The molecule has 21 heavy (non-hydrogen) atoms. The van der Waals surface area contributed by atoms with Crippen molar-refractivity contribution in [1.29, 1.82) is 0 Å². The number of nitrogens with one attached hydrogen (secondary N) is 1. The zero-order valence-electron chi connectivity index (χ0n) is 12.4. The summed E-state index contributed by atoms with van der Waals surface area (Å²) in [5, 5.41) is 0. The summed E-state index contributed by atoms with van der Waals surface area (Å²) in [6.45, 7) is 4.49. The summed E-state index contributed by atoms with van der Waals surface area (Å²) in [6.07, 6.45) is 3.95. The third-order valence-electron chi connectivity index (χ3n) is 3.83. The fourth-order valence-electron chi connectivity index (χ4n) is 2.63. The van der Waals surface area contributed by atoms with E-state index >= 15 is 0 Å². The minimum absolute atomic E-state index is 0.0275. The number of sulfonamides is 1. The molecule has 0 aliphatic heterocycles. The maximum absolute atomic E-state index is 12.6. The molecule has 118 valence electrons. The highest BCUT2D eigenvalue weighted by molar-refractivity contribution is 9.10. The van der Waals surface area contributed by atoms with E-state index in [0.29, 0.717) is 18.3 Å². The number of hydrogen-bond acceptors (Lipinski definition) is 3. The second-order valence-electron chi connectivity index (χ2n) is 5.60. The fourth-order valence-corrected chi connectivity index (χ4v) is 4.62. The van der Waals surface area contributed by atoms with Crippen LogP contribution in [0.4, 0.5) is 0 Å². The predicted molar refractivity (Wildman–Crippen MR) is 87.1 cm³/mol. The Morgan fingerprint density at radius 3 is 2.57 bits per heavy atom. The summed E-state index contributed by atoms with van der Waals surface area (Å²) < 4.78 is 34.2. The van der Waals surface area contributed by atoms with Crippen LogP contribution >= 0.6 is 15.9 Å². The van der Waals surface area contributed by atoms with E-state index in [1.807, 2.05) is 6.92 Å². The molecule has 0 radical (unpaired) electrons. The monoisotopic (exact) mass is 375 g/mol. The molecule has 1 N–H and O–H groups in total. The van der Waals surface area contributed by atoms with E-state index in [4.69, 9.17) is 4.74 Å². The predicted octanol–water partition coefficient (Wildman–Crippen LogP) is 3.70. The Kier molecular flexibility index (Phi) is 5.68. The van der Waals surface area contributed by atoms with Gasteiger partial charge >= 0.3 is 0 Å². The Balaban J connectivity index is 2.20. The topological polar surface area (TPSA) is 55.4 Å². The Morgan fingerprint density at radius 1 is 1.29 bits per heavy atom. The molecule has 1 aliphatic carbocycles. The van der Waals surface area contributed by atoms with Gasteiger partial charge in [0.1, 0.15) is 10.6 Å². The van der Waals surface area contributed by atoms with E-state index in [1.165, 1.54) is 0 Å². The maximum Gasteiger partial charge on any atom is 0.244 e. The number of ether oxygens (including phenoxy) is 1. The number of halogens is 1. The van der Waals surface area contributed by atoms with Crippen LogP contribution < -0.4 is 9.46 Å². The lowest BCUT2D eigenvalue weighted by molar-refractivity contribution is 0.325. The third kappa shape index (κ3) is 4.44. The maximum atomic E-state index is 12.6. The lowest BCUT2D eigenvalue weighted by Gasteiger charge is -2.27. The van der Waals surface area contributed by atoms with Gasteiger partial charge in [-0.15, -0.1) is 0 Å². The van der Waals surface area contributed by atoms with Gasteiger partial charge in [-0.2, -0.15) is 0 Å². The van der Waals surface area contributed by atoms with Gasteiger partial charge in [-0.1, -0.05) is 22.9 Å². The van der Waals surface area contributed by atoms with Crippen LogP contribution in [0.2, 0.25) is 0 Å². The molecular formula is C15H22BrNO3S. The van der Waals surface area contributed by atoms with Crippen LogP contribution in [0.15, 0.2) is 27.6 Å². The second-order valence-corrected chi connectivity index (χ2v) is 8.20. The van der Waals surface area contributed by atoms with Crippen molar-refractivity contribution in [2.24, 2.45) is 5.92 Å². The Labute approximate surface area is 135 Å². The number of benzene rings is 1. The fraction of sp³-hybridized carbons (Fsp3) is 0.600. The summed E-state index contributed by atoms with van der Waals surface area (Å²) in [7, 11) is -3.56. The van der Waals surface area contributed by atoms with Crippen LogP contribution in [0.25, 0.3) is 0 Å². The second kappa shape index (κ2) is 7.11. The summed E-state index contributed by atoms with van der Waals surface area (Å²) >= 11 is 3.33.